The zero-order chi connectivity index (χ0) is 15.9. The summed E-state index contributed by atoms with van der Waals surface area (Å²) in [5, 5.41) is 3.18. The van der Waals surface area contributed by atoms with Gasteiger partial charge in [-0.15, -0.1) is 0 Å². The number of hydrogen-bond acceptors (Lipinski definition) is 5. The molecule has 0 bridgehead atoms. The van der Waals surface area contributed by atoms with Gasteiger partial charge in [-0.25, -0.2) is 13.1 Å². The lowest BCUT2D eigenvalue weighted by atomic mass is 10.2. The third kappa shape index (κ3) is 5.78. The molecule has 0 saturated heterocycles. The number of furan rings is 1. The van der Waals surface area contributed by atoms with E-state index in [2.05, 4.69) is 17.0 Å². The minimum absolute atomic E-state index is 0.114. The average Bonchev–Trinajstić information content (AvgIpc) is 2.79. The van der Waals surface area contributed by atoms with Crippen LogP contribution in [0.25, 0.3) is 0 Å². The van der Waals surface area contributed by atoms with E-state index in [9.17, 15) is 8.42 Å². The van der Waals surface area contributed by atoms with Gasteiger partial charge in [-0.2, -0.15) is 0 Å². The van der Waals surface area contributed by atoms with Crippen LogP contribution in [0.2, 0.25) is 0 Å². The Morgan fingerprint density at radius 1 is 1.43 bits per heavy atom. The molecule has 1 aromatic rings. The third-order valence-electron chi connectivity index (χ3n) is 3.01. The fourth-order valence-electron chi connectivity index (χ4n) is 1.94. The molecule has 2 N–H and O–H groups in total. The Morgan fingerprint density at radius 3 is 2.76 bits per heavy atom. The Balaban J connectivity index is 2.69. The van der Waals surface area contributed by atoms with Crippen molar-refractivity contribution < 1.29 is 17.6 Å². The molecule has 1 heterocycles. The lowest BCUT2D eigenvalue weighted by Crippen LogP contribution is -2.30. The van der Waals surface area contributed by atoms with Gasteiger partial charge in [0.25, 0.3) is 0 Å². The molecule has 0 spiro atoms. The second-order valence-electron chi connectivity index (χ2n) is 5.22. The Kier molecular flexibility index (Phi) is 7.37. The zero-order valence-corrected chi connectivity index (χ0v) is 14.0. The topological polar surface area (TPSA) is 80.6 Å². The summed E-state index contributed by atoms with van der Waals surface area (Å²) in [6.07, 6.45) is 1.02. The van der Waals surface area contributed by atoms with E-state index < -0.39 is 10.0 Å². The van der Waals surface area contributed by atoms with Gasteiger partial charge in [0, 0.05) is 26.3 Å². The van der Waals surface area contributed by atoms with E-state index in [1.54, 1.807) is 20.1 Å². The van der Waals surface area contributed by atoms with Crippen molar-refractivity contribution in [3.8, 4) is 0 Å². The van der Waals surface area contributed by atoms with E-state index in [0.29, 0.717) is 31.2 Å². The lowest BCUT2D eigenvalue weighted by Gasteiger charge is -2.11. The molecule has 7 heteroatoms. The highest BCUT2D eigenvalue weighted by Crippen LogP contribution is 2.20. The summed E-state index contributed by atoms with van der Waals surface area (Å²) in [7, 11) is -1.94. The van der Waals surface area contributed by atoms with Gasteiger partial charge in [0.05, 0.1) is 6.54 Å². The first-order chi connectivity index (χ1) is 9.90. The van der Waals surface area contributed by atoms with Gasteiger partial charge in [0.1, 0.15) is 16.4 Å². The Hall–Kier alpha value is -0.890. The van der Waals surface area contributed by atoms with E-state index in [4.69, 9.17) is 9.15 Å². The normalized spacial score (nSPS) is 13.5. The van der Waals surface area contributed by atoms with Crippen LogP contribution in [-0.4, -0.2) is 35.2 Å². The smallest absolute Gasteiger partial charge is 0.244 e. The van der Waals surface area contributed by atoms with Gasteiger partial charge in [0.2, 0.25) is 10.0 Å². The maximum atomic E-state index is 12.3. The molecule has 0 aliphatic heterocycles. The van der Waals surface area contributed by atoms with Crippen molar-refractivity contribution in [2.75, 3.05) is 26.8 Å². The first kappa shape index (κ1) is 18.2. The molecule has 0 aliphatic rings. The predicted molar refractivity (Wildman–Crippen MR) is 81.7 cm³/mol. The summed E-state index contributed by atoms with van der Waals surface area (Å²) in [5.41, 5.74) is 0. The maximum absolute atomic E-state index is 12.3. The second kappa shape index (κ2) is 8.53. The van der Waals surface area contributed by atoms with Gasteiger partial charge in [-0.3, -0.25) is 0 Å². The number of nitrogens with one attached hydrogen (secondary N) is 2. The van der Waals surface area contributed by atoms with Crippen LogP contribution in [-0.2, 0) is 21.3 Å². The molecule has 0 radical (unpaired) electrons. The minimum atomic E-state index is -3.54. The molecule has 0 saturated carbocycles. The van der Waals surface area contributed by atoms with Crippen LogP contribution in [0.15, 0.2) is 15.4 Å². The monoisotopic (exact) mass is 318 g/mol. The van der Waals surface area contributed by atoms with Gasteiger partial charge in [0.15, 0.2) is 0 Å². The minimum Gasteiger partial charge on any atom is -0.464 e. The number of sulfonamides is 1. The van der Waals surface area contributed by atoms with Crippen LogP contribution < -0.4 is 10.0 Å². The van der Waals surface area contributed by atoms with Crippen molar-refractivity contribution in [1.82, 2.24) is 10.0 Å². The molecule has 0 fully saturated rings. The molecule has 0 aliphatic carbocycles. The first-order valence-corrected chi connectivity index (χ1v) is 8.67. The van der Waals surface area contributed by atoms with Gasteiger partial charge in [-0.05, 0) is 25.8 Å². The van der Waals surface area contributed by atoms with Crippen molar-refractivity contribution in [1.29, 1.82) is 0 Å². The number of rotatable bonds is 10. The summed E-state index contributed by atoms with van der Waals surface area (Å²) in [6.45, 7) is 7.91. The van der Waals surface area contributed by atoms with Gasteiger partial charge < -0.3 is 14.5 Å². The molecule has 1 unspecified atom stereocenters. The van der Waals surface area contributed by atoms with Crippen LogP contribution in [0.4, 0.5) is 0 Å². The number of ether oxygens (including phenoxy) is 1. The molecule has 1 rings (SSSR count). The standard InChI is InChI=1S/C14H26N2O4S/c1-5-6-15-9-13-7-14(12(3)20-13)21(17,18)16-8-11(2)10-19-4/h7,11,15-16H,5-6,8-10H2,1-4H3. The average molecular weight is 318 g/mol. The van der Waals surface area contributed by atoms with Crippen LogP contribution >= 0.6 is 0 Å². The van der Waals surface area contributed by atoms with Crippen LogP contribution in [0.5, 0.6) is 0 Å². The largest absolute Gasteiger partial charge is 0.464 e. The fourth-order valence-corrected chi connectivity index (χ4v) is 3.31. The molecule has 122 valence electrons. The molecular weight excluding hydrogens is 292 g/mol. The molecule has 1 aromatic heterocycles. The first-order valence-electron chi connectivity index (χ1n) is 7.19. The predicted octanol–water partition coefficient (Wildman–Crippen LogP) is 1.65. The zero-order valence-electron chi connectivity index (χ0n) is 13.2. The van der Waals surface area contributed by atoms with Gasteiger partial charge >= 0.3 is 0 Å². The van der Waals surface area contributed by atoms with Crippen molar-refractivity contribution >= 4 is 10.0 Å². The summed E-state index contributed by atoms with van der Waals surface area (Å²) >= 11 is 0. The number of methoxy groups -OCH3 is 1. The van der Waals surface area contributed by atoms with Crippen LogP contribution in [0.3, 0.4) is 0 Å². The molecule has 21 heavy (non-hydrogen) atoms. The Bertz CT molecular complexity index is 525. The highest BCUT2D eigenvalue weighted by atomic mass is 32.2. The van der Waals surface area contributed by atoms with Gasteiger partial charge in [-0.1, -0.05) is 13.8 Å². The van der Waals surface area contributed by atoms with E-state index in [0.717, 1.165) is 13.0 Å². The second-order valence-corrected chi connectivity index (χ2v) is 6.96. The quantitative estimate of drug-likeness (QED) is 0.641. The summed E-state index contributed by atoms with van der Waals surface area (Å²) < 4.78 is 37.6. The fraction of sp³-hybridized carbons (Fsp3) is 0.714. The lowest BCUT2D eigenvalue weighted by molar-refractivity contribution is 0.161. The van der Waals surface area contributed by atoms with Crippen molar-refractivity contribution in [2.45, 2.75) is 38.6 Å². The maximum Gasteiger partial charge on any atom is 0.244 e. The van der Waals surface area contributed by atoms with E-state index >= 15 is 0 Å². The van der Waals surface area contributed by atoms with E-state index in [-0.39, 0.29) is 10.8 Å². The Labute approximate surface area is 127 Å². The highest BCUT2D eigenvalue weighted by molar-refractivity contribution is 7.89. The number of hydrogen-bond donors (Lipinski definition) is 2. The summed E-state index contributed by atoms with van der Waals surface area (Å²) in [5.74, 6) is 1.16. The molecule has 6 nitrogen and oxygen atoms in total. The van der Waals surface area contributed by atoms with Crippen LogP contribution in [0.1, 0.15) is 31.8 Å². The molecule has 0 aromatic carbocycles. The van der Waals surface area contributed by atoms with E-state index in [1.165, 1.54) is 0 Å². The Morgan fingerprint density at radius 2 is 2.14 bits per heavy atom. The SMILES string of the molecule is CCCNCc1cc(S(=O)(=O)NCC(C)COC)c(C)o1. The van der Waals surface area contributed by atoms with Crippen molar-refractivity contribution in [3.63, 3.8) is 0 Å². The molecule has 1 atom stereocenters. The highest BCUT2D eigenvalue weighted by Gasteiger charge is 2.21. The van der Waals surface area contributed by atoms with Crippen molar-refractivity contribution in [2.24, 2.45) is 5.92 Å². The molecule has 0 amide bonds. The molecular formula is C14H26N2O4S. The van der Waals surface area contributed by atoms with Crippen LogP contribution in [0, 0.1) is 12.8 Å². The third-order valence-corrected chi connectivity index (χ3v) is 4.54. The summed E-state index contributed by atoms with van der Waals surface area (Å²) in [4.78, 5) is 0.209. The number of aryl methyl sites for hydroxylation is 1. The van der Waals surface area contributed by atoms with E-state index in [1.807, 2.05) is 6.92 Å². The van der Waals surface area contributed by atoms with Crippen molar-refractivity contribution in [3.05, 3.63) is 17.6 Å². The summed E-state index contributed by atoms with van der Waals surface area (Å²) in [6, 6.07) is 1.58.